The number of carbonyl (C=O) groups is 1. The standard InChI is InChI=1S/C41H84N2O3/c1-4-7-10-13-15-17-19-21-23-28-33-42(34-29-24-22-20-18-16-14-11-8-5-2)36-37-43(38-39-44)35-30-26-27-32-41(45)46-40-31-25-12-9-6-3/h44H,4-40H2,1-3H3. The predicted molar refractivity (Wildman–Crippen MR) is 202 cm³/mol. The van der Waals surface area contributed by atoms with Crippen molar-refractivity contribution in [2.75, 3.05) is 52.5 Å². The molecule has 46 heavy (non-hydrogen) atoms. The molecule has 0 aliphatic heterocycles. The summed E-state index contributed by atoms with van der Waals surface area (Å²) in [5.74, 6) is -0.0303. The Balaban J connectivity index is 4.32. The van der Waals surface area contributed by atoms with Crippen molar-refractivity contribution in [1.82, 2.24) is 9.80 Å². The second-order valence-electron chi connectivity index (χ2n) is 14.2. The summed E-state index contributed by atoms with van der Waals surface area (Å²) < 4.78 is 5.42. The van der Waals surface area contributed by atoms with E-state index in [1.165, 1.54) is 161 Å². The SMILES string of the molecule is CCCCCCCCCCCCN(CCCCCCCCCCCC)CCN(CCO)CCCCCC(=O)OCCCCCCC. The number of carbonyl (C=O) groups excluding carboxylic acids is 1. The van der Waals surface area contributed by atoms with Crippen molar-refractivity contribution < 1.29 is 14.6 Å². The molecule has 0 saturated heterocycles. The molecule has 0 rings (SSSR count). The minimum absolute atomic E-state index is 0.0303. The van der Waals surface area contributed by atoms with Crippen molar-refractivity contribution in [3.63, 3.8) is 0 Å². The van der Waals surface area contributed by atoms with E-state index >= 15 is 0 Å². The highest BCUT2D eigenvalue weighted by Crippen LogP contribution is 2.13. The Labute approximate surface area is 289 Å². The number of unbranched alkanes of at least 4 members (excludes halogenated alkanes) is 24. The first-order chi connectivity index (χ1) is 22.7. The Kier molecular flexibility index (Phi) is 38.2. The lowest BCUT2D eigenvalue weighted by atomic mass is 10.1. The minimum atomic E-state index is -0.0303. The van der Waals surface area contributed by atoms with Crippen LogP contribution in [0.1, 0.15) is 207 Å². The molecular formula is C41H84N2O3. The topological polar surface area (TPSA) is 53.0 Å². The molecule has 5 heteroatoms. The smallest absolute Gasteiger partial charge is 0.305 e. The van der Waals surface area contributed by atoms with E-state index in [0.29, 0.717) is 13.0 Å². The normalized spacial score (nSPS) is 11.7. The Morgan fingerprint density at radius 3 is 1.13 bits per heavy atom. The maximum atomic E-state index is 12.1. The van der Waals surface area contributed by atoms with Gasteiger partial charge in [0.15, 0.2) is 0 Å². The van der Waals surface area contributed by atoms with Crippen LogP contribution in [0, 0.1) is 0 Å². The lowest BCUT2D eigenvalue weighted by Crippen LogP contribution is -2.38. The van der Waals surface area contributed by atoms with Gasteiger partial charge in [-0.15, -0.1) is 0 Å². The van der Waals surface area contributed by atoms with Gasteiger partial charge in [-0.3, -0.25) is 9.69 Å². The number of esters is 1. The Morgan fingerprint density at radius 2 is 0.739 bits per heavy atom. The summed E-state index contributed by atoms with van der Waals surface area (Å²) in [6, 6.07) is 0. The van der Waals surface area contributed by atoms with Gasteiger partial charge >= 0.3 is 5.97 Å². The first-order valence-electron chi connectivity index (χ1n) is 20.9. The van der Waals surface area contributed by atoms with Gasteiger partial charge in [0, 0.05) is 26.1 Å². The van der Waals surface area contributed by atoms with Crippen LogP contribution in [0.3, 0.4) is 0 Å². The molecule has 0 aromatic heterocycles. The van der Waals surface area contributed by atoms with Gasteiger partial charge in [0.2, 0.25) is 0 Å². The minimum Gasteiger partial charge on any atom is -0.466 e. The highest BCUT2D eigenvalue weighted by atomic mass is 16.5. The van der Waals surface area contributed by atoms with Gasteiger partial charge in [-0.1, -0.05) is 168 Å². The molecule has 0 spiro atoms. The monoisotopic (exact) mass is 653 g/mol. The van der Waals surface area contributed by atoms with Gasteiger partial charge in [-0.25, -0.2) is 0 Å². The highest BCUT2D eigenvalue weighted by molar-refractivity contribution is 5.69. The summed E-state index contributed by atoms with van der Waals surface area (Å²) in [4.78, 5) is 17.2. The molecule has 0 aromatic carbocycles. The highest BCUT2D eigenvalue weighted by Gasteiger charge is 2.10. The molecule has 0 aromatic rings. The third kappa shape index (κ3) is 34.7. The van der Waals surface area contributed by atoms with Crippen LogP contribution in [0.5, 0.6) is 0 Å². The van der Waals surface area contributed by atoms with Gasteiger partial charge in [0.05, 0.1) is 13.2 Å². The van der Waals surface area contributed by atoms with Crippen molar-refractivity contribution in [3.05, 3.63) is 0 Å². The van der Waals surface area contributed by atoms with E-state index in [1.807, 2.05) is 0 Å². The number of aliphatic hydroxyl groups is 1. The predicted octanol–water partition coefficient (Wildman–Crippen LogP) is 11.5. The second-order valence-corrected chi connectivity index (χ2v) is 14.2. The van der Waals surface area contributed by atoms with E-state index in [1.54, 1.807) is 0 Å². The van der Waals surface area contributed by atoms with Gasteiger partial charge in [-0.2, -0.15) is 0 Å². The van der Waals surface area contributed by atoms with E-state index in [4.69, 9.17) is 4.74 Å². The molecule has 1 N–H and O–H groups in total. The summed E-state index contributed by atoms with van der Waals surface area (Å²) in [5, 5.41) is 9.72. The summed E-state index contributed by atoms with van der Waals surface area (Å²) in [6.45, 7) is 14.0. The number of hydrogen-bond donors (Lipinski definition) is 1. The fourth-order valence-corrected chi connectivity index (χ4v) is 6.49. The number of ether oxygens (including phenoxy) is 1. The van der Waals surface area contributed by atoms with Gasteiger partial charge in [0.25, 0.3) is 0 Å². The molecule has 5 nitrogen and oxygen atoms in total. The summed E-state index contributed by atoms with van der Waals surface area (Å²) in [5.41, 5.74) is 0. The zero-order valence-corrected chi connectivity index (χ0v) is 31.8. The molecule has 276 valence electrons. The van der Waals surface area contributed by atoms with Gasteiger partial charge in [-0.05, 0) is 51.7 Å². The summed E-state index contributed by atoms with van der Waals surface area (Å²) in [6.07, 6.45) is 37.4. The van der Waals surface area contributed by atoms with Crippen molar-refractivity contribution in [3.8, 4) is 0 Å². The summed E-state index contributed by atoms with van der Waals surface area (Å²) >= 11 is 0. The number of aliphatic hydroxyl groups excluding tert-OH is 1. The average molecular weight is 653 g/mol. The van der Waals surface area contributed by atoms with Gasteiger partial charge in [0.1, 0.15) is 0 Å². The number of nitrogens with zero attached hydrogens (tertiary/aromatic N) is 2. The molecule has 0 radical (unpaired) electrons. The first-order valence-corrected chi connectivity index (χ1v) is 20.9. The van der Waals surface area contributed by atoms with Crippen molar-refractivity contribution in [2.45, 2.75) is 207 Å². The van der Waals surface area contributed by atoms with Crippen LogP contribution >= 0.6 is 0 Å². The molecule has 0 saturated carbocycles. The Hall–Kier alpha value is -0.650. The van der Waals surface area contributed by atoms with E-state index in [9.17, 15) is 9.90 Å². The summed E-state index contributed by atoms with van der Waals surface area (Å²) in [7, 11) is 0. The molecule has 0 amide bonds. The van der Waals surface area contributed by atoms with Crippen molar-refractivity contribution in [2.24, 2.45) is 0 Å². The van der Waals surface area contributed by atoms with Crippen molar-refractivity contribution in [1.29, 1.82) is 0 Å². The van der Waals surface area contributed by atoms with Crippen LogP contribution in [-0.4, -0.2) is 73.4 Å². The van der Waals surface area contributed by atoms with Gasteiger partial charge < -0.3 is 14.7 Å². The van der Waals surface area contributed by atoms with Crippen LogP contribution in [0.15, 0.2) is 0 Å². The van der Waals surface area contributed by atoms with E-state index < -0.39 is 0 Å². The molecule has 0 aliphatic rings. The number of rotatable bonds is 39. The number of hydrogen-bond acceptors (Lipinski definition) is 5. The van der Waals surface area contributed by atoms with Crippen LogP contribution in [0.2, 0.25) is 0 Å². The molecule has 0 unspecified atom stereocenters. The molecule has 0 bridgehead atoms. The Bertz CT molecular complexity index is 564. The molecule has 0 aliphatic carbocycles. The lowest BCUT2D eigenvalue weighted by molar-refractivity contribution is -0.143. The second kappa shape index (κ2) is 38.8. The van der Waals surface area contributed by atoms with Crippen LogP contribution < -0.4 is 0 Å². The quantitative estimate of drug-likeness (QED) is 0.0529. The van der Waals surface area contributed by atoms with E-state index in [2.05, 4.69) is 30.6 Å². The molecule has 0 atom stereocenters. The maximum absolute atomic E-state index is 12.1. The third-order valence-electron chi connectivity index (χ3n) is 9.67. The van der Waals surface area contributed by atoms with Crippen LogP contribution in [0.25, 0.3) is 0 Å². The Morgan fingerprint density at radius 1 is 0.413 bits per heavy atom. The van der Waals surface area contributed by atoms with E-state index in [-0.39, 0.29) is 12.6 Å². The largest absolute Gasteiger partial charge is 0.466 e. The molecule has 0 fully saturated rings. The van der Waals surface area contributed by atoms with E-state index in [0.717, 1.165) is 58.3 Å². The molecule has 0 heterocycles. The molecular weight excluding hydrogens is 568 g/mol. The maximum Gasteiger partial charge on any atom is 0.305 e. The fourth-order valence-electron chi connectivity index (χ4n) is 6.49. The van der Waals surface area contributed by atoms with Crippen LogP contribution in [0.4, 0.5) is 0 Å². The first kappa shape index (κ1) is 45.3. The average Bonchev–Trinajstić information content (AvgIpc) is 3.06. The fraction of sp³-hybridized carbons (Fsp3) is 0.976. The lowest BCUT2D eigenvalue weighted by Gasteiger charge is -2.27. The van der Waals surface area contributed by atoms with Crippen LogP contribution in [-0.2, 0) is 9.53 Å². The third-order valence-corrected chi connectivity index (χ3v) is 9.67. The zero-order valence-electron chi connectivity index (χ0n) is 31.8. The zero-order chi connectivity index (χ0) is 33.6. The van der Waals surface area contributed by atoms with Crippen molar-refractivity contribution >= 4 is 5.97 Å².